The Morgan fingerprint density at radius 2 is 1.95 bits per heavy atom. The molecule has 0 saturated carbocycles. The number of halogens is 2. The highest BCUT2D eigenvalue weighted by molar-refractivity contribution is 6.32. The smallest absolute Gasteiger partial charge is 0.223 e. The van der Waals surface area contributed by atoms with Gasteiger partial charge in [-0.15, -0.1) is 0 Å². The van der Waals surface area contributed by atoms with Gasteiger partial charge >= 0.3 is 0 Å². The van der Waals surface area contributed by atoms with Gasteiger partial charge < -0.3 is 11.1 Å². The van der Waals surface area contributed by atoms with E-state index in [1.807, 2.05) is 18.2 Å². The van der Waals surface area contributed by atoms with E-state index in [4.69, 9.17) is 28.9 Å². The lowest BCUT2D eigenvalue weighted by Crippen LogP contribution is -1.99. The van der Waals surface area contributed by atoms with Crippen molar-refractivity contribution in [2.45, 2.75) is 0 Å². The second-order valence-electron chi connectivity index (χ2n) is 4.18. The quantitative estimate of drug-likeness (QED) is 0.723. The van der Waals surface area contributed by atoms with E-state index in [0.717, 1.165) is 11.4 Å². The fraction of sp³-hybridized carbons (Fsp3) is 0. The Labute approximate surface area is 130 Å². The van der Waals surface area contributed by atoms with Crippen molar-refractivity contribution in [3.8, 4) is 5.69 Å². The Kier molecular flexibility index (Phi) is 3.64. The lowest BCUT2D eigenvalue weighted by atomic mass is 10.3. The molecule has 0 radical (unpaired) electrons. The van der Waals surface area contributed by atoms with Crippen LogP contribution in [0.3, 0.4) is 0 Å². The fourth-order valence-corrected chi connectivity index (χ4v) is 2.22. The van der Waals surface area contributed by atoms with Gasteiger partial charge in [0.1, 0.15) is 11.0 Å². The summed E-state index contributed by atoms with van der Waals surface area (Å²) in [6, 6.07) is 9.00. The highest BCUT2D eigenvalue weighted by Crippen LogP contribution is 2.22. The van der Waals surface area contributed by atoms with Crippen LogP contribution in [0.15, 0.2) is 42.7 Å². The third kappa shape index (κ3) is 3.07. The summed E-state index contributed by atoms with van der Waals surface area (Å²) in [6.45, 7) is 0. The van der Waals surface area contributed by atoms with Gasteiger partial charge in [0.25, 0.3) is 0 Å². The molecule has 21 heavy (non-hydrogen) atoms. The molecule has 0 aliphatic carbocycles. The standard InChI is InChI=1S/C13H10Cl2N6/c14-9-3-1-2-4-10(9)21-7-8(6-17-21)18-12-5-11(15)19-13(16)20-12/h1-7H,(H3,16,18,19,20). The minimum atomic E-state index is 0.100. The molecule has 0 unspecified atom stereocenters. The Morgan fingerprint density at radius 1 is 1.14 bits per heavy atom. The average molecular weight is 321 g/mol. The molecule has 1 aromatic carbocycles. The Morgan fingerprint density at radius 3 is 2.71 bits per heavy atom. The number of benzene rings is 1. The summed E-state index contributed by atoms with van der Waals surface area (Å²) in [5.41, 5.74) is 7.05. The summed E-state index contributed by atoms with van der Waals surface area (Å²) in [5.74, 6) is 0.592. The molecule has 3 rings (SSSR count). The topological polar surface area (TPSA) is 81.6 Å². The first kappa shape index (κ1) is 13.7. The zero-order valence-electron chi connectivity index (χ0n) is 10.7. The van der Waals surface area contributed by atoms with Crippen molar-refractivity contribution in [2.75, 3.05) is 11.1 Å². The molecule has 2 aromatic heterocycles. The maximum absolute atomic E-state index is 6.13. The average Bonchev–Trinajstić information content (AvgIpc) is 2.86. The van der Waals surface area contributed by atoms with Crippen molar-refractivity contribution < 1.29 is 0 Å². The SMILES string of the molecule is Nc1nc(Cl)cc(Nc2cnn(-c3ccccc3Cl)c2)n1. The lowest BCUT2D eigenvalue weighted by molar-refractivity contribution is 0.881. The minimum absolute atomic E-state index is 0.100. The molecule has 106 valence electrons. The lowest BCUT2D eigenvalue weighted by Gasteiger charge is -2.04. The number of nitrogens with zero attached hydrogens (tertiary/aromatic N) is 4. The number of para-hydroxylation sites is 1. The molecule has 0 amide bonds. The first-order chi connectivity index (χ1) is 10.1. The molecule has 0 spiro atoms. The molecule has 3 N–H and O–H groups in total. The van der Waals surface area contributed by atoms with E-state index in [1.165, 1.54) is 0 Å². The van der Waals surface area contributed by atoms with Gasteiger partial charge in [-0.3, -0.25) is 0 Å². The molecule has 0 fully saturated rings. The maximum Gasteiger partial charge on any atom is 0.223 e. The van der Waals surface area contributed by atoms with Crippen molar-refractivity contribution in [3.63, 3.8) is 0 Å². The molecular formula is C13H10Cl2N6. The fourth-order valence-electron chi connectivity index (χ4n) is 1.80. The summed E-state index contributed by atoms with van der Waals surface area (Å²) in [5, 5.41) is 8.18. The molecule has 0 aliphatic heterocycles. The number of nitrogens with one attached hydrogen (secondary N) is 1. The number of rotatable bonds is 3. The van der Waals surface area contributed by atoms with Crippen molar-refractivity contribution in [2.24, 2.45) is 0 Å². The summed E-state index contributed by atoms with van der Waals surface area (Å²) < 4.78 is 1.66. The first-order valence-electron chi connectivity index (χ1n) is 5.98. The van der Waals surface area contributed by atoms with Crippen LogP contribution in [0, 0.1) is 0 Å². The van der Waals surface area contributed by atoms with E-state index < -0.39 is 0 Å². The van der Waals surface area contributed by atoms with E-state index in [2.05, 4.69) is 20.4 Å². The van der Waals surface area contributed by atoms with Crippen LogP contribution in [0.1, 0.15) is 0 Å². The molecule has 0 atom stereocenters. The number of nitrogen functional groups attached to an aromatic ring is 1. The van der Waals surface area contributed by atoms with E-state index in [9.17, 15) is 0 Å². The number of hydrogen-bond acceptors (Lipinski definition) is 5. The predicted molar refractivity (Wildman–Crippen MR) is 83.3 cm³/mol. The minimum Gasteiger partial charge on any atom is -0.368 e. The van der Waals surface area contributed by atoms with Gasteiger partial charge in [0.15, 0.2) is 0 Å². The Hall–Kier alpha value is -2.31. The summed E-state index contributed by atoms with van der Waals surface area (Å²) in [7, 11) is 0. The Bertz CT molecular complexity index is 766. The van der Waals surface area contributed by atoms with Crippen molar-refractivity contribution in [1.29, 1.82) is 0 Å². The van der Waals surface area contributed by atoms with Crippen molar-refractivity contribution in [3.05, 3.63) is 52.9 Å². The summed E-state index contributed by atoms with van der Waals surface area (Å²) >= 11 is 12.0. The zero-order valence-corrected chi connectivity index (χ0v) is 12.2. The highest BCUT2D eigenvalue weighted by atomic mass is 35.5. The second kappa shape index (κ2) is 5.59. The third-order valence-electron chi connectivity index (χ3n) is 2.67. The van der Waals surface area contributed by atoms with Crippen LogP contribution >= 0.6 is 23.2 Å². The molecule has 3 aromatic rings. The number of nitrogens with two attached hydrogens (primary N) is 1. The van der Waals surface area contributed by atoms with E-state index >= 15 is 0 Å². The first-order valence-corrected chi connectivity index (χ1v) is 6.74. The summed E-state index contributed by atoms with van der Waals surface area (Å²) in [6.07, 6.45) is 3.43. The van der Waals surface area contributed by atoms with Crippen LogP contribution in [-0.4, -0.2) is 19.7 Å². The second-order valence-corrected chi connectivity index (χ2v) is 4.98. The van der Waals surface area contributed by atoms with E-state index in [1.54, 1.807) is 29.2 Å². The zero-order chi connectivity index (χ0) is 14.8. The van der Waals surface area contributed by atoms with Crippen LogP contribution < -0.4 is 11.1 Å². The van der Waals surface area contributed by atoms with Crippen molar-refractivity contribution >= 4 is 40.7 Å². The molecule has 0 saturated heterocycles. The van der Waals surface area contributed by atoms with Gasteiger partial charge in [-0.1, -0.05) is 35.3 Å². The number of aromatic nitrogens is 4. The van der Waals surface area contributed by atoms with Crippen LogP contribution in [0.5, 0.6) is 0 Å². The molecule has 0 bridgehead atoms. The largest absolute Gasteiger partial charge is 0.368 e. The van der Waals surface area contributed by atoms with Gasteiger partial charge in [0.05, 0.1) is 28.8 Å². The molecule has 0 aliphatic rings. The predicted octanol–water partition coefficient (Wildman–Crippen LogP) is 3.29. The molecular weight excluding hydrogens is 311 g/mol. The van der Waals surface area contributed by atoms with Gasteiger partial charge in [0.2, 0.25) is 5.95 Å². The monoisotopic (exact) mass is 320 g/mol. The van der Waals surface area contributed by atoms with Crippen molar-refractivity contribution in [1.82, 2.24) is 19.7 Å². The number of anilines is 3. The van der Waals surface area contributed by atoms with Crippen LogP contribution in [0.4, 0.5) is 17.5 Å². The van der Waals surface area contributed by atoms with Gasteiger partial charge in [0, 0.05) is 6.07 Å². The normalized spacial score (nSPS) is 10.6. The van der Waals surface area contributed by atoms with E-state index in [0.29, 0.717) is 10.8 Å². The van der Waals surface area contributed by atoms with Gasteiger partial charge in [-0.05, 0) is 12.1 Å². The molecule has 6 nitrogen and oxygen atoms in total. The molecule has 2 heterocycles. The van der Waals surface area contributed by atoms with E-state index in [-0.39, 0.29) is 11.1 Å². The van der Waals surface area contributed by atoms with Gasteiger partial charge in [-0.25, -0.2) is 9.67 Å². The Balaban J connectivity index is 1.87. The van der Waals surface area contributed by atoms with Crippen LogP contribution in [0.2, 0.25) is 10.2 Å². The van der Waals surface area contributed by atoms with Gasteiger partial charge in [-0.2, -0.15) is 10.1 Å². The highest BCUT2D eigenvalue weighted by Gasteiger charge is 2.06. The maximum atomic E-state index is 6.13. The van der Waals surface area contributed by atoms with Crippen LogP contribution in [0.25, 0.3) is 5.69 Å². The summed E-state index contributed by atoms with van der Waals surface area (Å²) in [4.78, 5) is 7.83. The number of hydrogen-bond donors (Lipinski definition) is 2. The third-order valence-corrected chi connectivity index (χ3v) is 3.18. The molecule has 8 heteroatoms. The van der Waals surface area contributed by atoms with Crippen LogP contribution in [-0.2, 0) is 0 Å².